The molecule has 1 amide bonds. The van der Waals surface area contributed by atoms with Crippen molar-refractivity contribution in [2.45, 2.75) is 0 Å². The summed E-state index contributed by atoms with van der Waals surface area (Å²) in [4.78, 5) is 13.6. The number of halogens is 2. The Bertz CT molecular complexity index is 429. The lowest BCUT2D eigenvalue weighted by Crippen LogP contribution is -2.14. The Labute approximate surface area is 95.6 Å². The van der Waals surface area contributed by atoms with Crippen molar-refractivity contribution in [3.05, 3.63) is 38.7 Å². The molecule has 5 nitrogen and oxygen atoms in total. The van der Waals surface area contributed by atoms with E-state index in [9.17, 15) is 4.79 Å². The van der Waals surface area contributed by atoms with Crippen LogP contribution in [0.5, 0.6) is 0 Å². The van der Waals surface area contributed by atoms with Crippen LogP contribution in [0.2, 0.25) is 10.0 Å². The first-order chi connectivity index (χ1) is 7.13. The molecule has 1 aromatic rings. The average molecular weight is 245 g/mol. The molecule has 0 atom stereocenters. The van der Waals surface area contributed by atoms with Gasteiger partial charge in [0.15, 0.2) is 0 Å². The number of azide groups is 1. The van der Waals surface area contributed by atoms with Crippen LogP contribution in [0.1, 0.15) is 0 Å². The molecule has 1 aromatic carbocycles. The van der Waals surface area contributed by atoms with Gasteiger partial charge in [-0.3, -0.25) is 4.79 Å². The number of carbonyl (C=O) groups is 1. The highest BCUT2D eigenvalue weighted by atomic mass is 35.5. The molecule has 0 saturated carbocycles. The molecule has 0 aliphatic rings. The summed E-state index contributed by atoms with van der Waals surface area (Å²) in [7, 11) is 0. The minimum absolute atomic E-state index is 0.268. The number of hydrogen-bond donors (Lipinski definition) is 1. The molecular formula is C8H6Cl2N4O. The predicted molar refractivity (Wildman–Crippen MR) is 59.1 cm³/mol. The van der Waals surface area contributed by atoms with Crippen molar-refractivity contribution in [3.8, 4) is 0 Å². The van der Waals surface area contributed by atoms with E-state index >= 15 is 0 Å². The number of benzene rings is 1. The molecule has 0 aliphatic heterocycles. The Morgan fingerprint density at radius 1 is 1.53 bits per heavy atom. The first kappa shape index (κ1) is 11.7. The summed E-state index contributed by atoms with van der Waals surface area (Å²) in [6, 6.07) is 4.67. The Kier molecular flexibility index (Phi) is 4.24. The zero-order chi connectivity index (χ0) is 11.3. The van der Waals surface area contributed by atoms with E-state index in [2.05, 4.69) is 15.3 Å². The van der Waals surface area contributed by atoms with Crippen molar-refractivity contribution in [1.82, 2.24) is 0 Å². The van der Waals surface area contributed by atoms with Gasteiger partial charge in [-0.2, -0.15) is 0 Å². The quantitative estimate of drug-likeness (QED) is 0.495. The van der Waals surface area contributed by atoms with Crippen LogP contribution in [-0.2, 0) is 4.79 Å². The standard InChI is InChI=1S/C8H6Cl2N4O/c9-5-1-2-7(6(10)3-5)13-8(15)4-12-14-11/h1-3H,4H2,(H,13,15). The summed E-state index contributed by atoms with van der Waals surface area (Å²) in [6.45, 7) is -0.268. The van der Waals surface area contributed by atoms with Crippen molar-refractivity contribution in [2.24, 2.45) is 5.11 Å². The zero-order valence-electron chi connectivity index (χ0n) is 7.44. The lowest BCUT2D eigenvalue weighted by atomic mass is 10.3. The third-order valence-corrected chi connectivity index (χ3v) is 2.03. The first-order valence-corrected chi connectivity index (χ1v) is 4.65. The summed E-state index contributed by atoms with van der Waals surface area (Å²) in [5.41, 5.74) is 8.44. The number of carbonyl (C=O) groups excluding carboxylic acids is 1. The van der Waals surface area contributed by atoms with Gasteiger partial charge < -0.3 is 5.32 Å². The zero-order valence-corrected chi connectivity index (χ0v) is 8.96. The first-order valence-electron chi connectivity index (χ1n) is 3.89. The number of nitrogens with one attached hydrogen (secondary N) is 1. The molecule has 0 saturated heterocycles. The van der Waals surface area contributed by atoms with E-state index < -0.39 is 5.91 Å². The van der Waals surface area contributed by atoms with Crippen molar-refractivity contribution in [2.75, 3.05) is 11.9 Å². The molecule has 0 unspecified atom stereocenters. The summed E-state index contributed by atoms with van der Waals surface area (Å²) in [6.07, 6.45) is 0. The molecule has 0 heterocycles. The fourth-order valence-corrected chi connectivity index (χ4v) is 1.33. The summed E-state index contributed by atoms with van der Waals surface area (Å²) in [5.74, 6) is -0.433. The van der Waals surface area contributed by atoms with Crippen LogP contribution >= 0.6 is 23.2 Å². The van der Waals surface area contributed by atoms with Crippen molar-refractivity contribution < 1.29 is 4.79 Å². The van der Waals surface area contributed by atoms with Crippen LogP contribution in [0.3, 0.4) is 0 Å². The topological polar surface area (TPSA) is 77.9 Å². The van der Waals surface area contributed by atoms with E-state index in [0.717, 1.165) is 0 Å². The fraction of sp³-hybridized carbons (Fsp3) is 0.125. The Hall–Kier alpha value is -1.42. The molecule has 78 valence electrons. The molecular weight excluding hydrogens is 239 g/mol. The molecule has 15 heavy (non-hydrogen) atoms. The largest absolute Gasteiger partial charge is 0.325 e. The van der Waals surface area contributed by atoms with Gasteiger partial charge in [-0.15, -0.1) is 0 Å². The maximum Gasteiger partial charge on any atom is 0.230 e. The van der Waals surface area contributed by atoms with E-state index in [1.54, 1.807) is 12.1 Å². The van der Waals surface area contributed by atoms with E-state index in [1.165, 1.54) is 6.07 Å². The van der Waals surface area contributed by atoms with Gasteiger partial charge in [0.25, 0.3) is 0 Å². The van der Waals surface area contributed by atoms with Crippen LogP contribution in [-0.4, -0.2) is 12.5 Å². The molecule has 0 radical (unpaired) electrons. The third-order valence-electron chi connectivity index (χ3n) is 1.48. The van der Waals surface area contributed by atoms with E-state index in [-0.39, 0.29) is 6.54 Å². The highest BCUT2D eigenvalue weighted by molar-refractivity contribution is 6.36. The smallest absolute Gasteiger partial charge is 0.230 e. The Morgan fingerprint density at radius 3 is 2.87 bits per heavy atom. The van der Waals surface area contributed by atoms with E-state index in [1.807, 2.05) is 0 Å². The van der Waals surface area contributed by atoms with Crippen molar-refractivity contribution >= 4 is 34.8 Å². The van der Waals surface area contributed by atoms with Crippen LogP contribution in [0, 0.1) is 0 Å². The summed E-state index contributed by atoms with van der Waals surface area (Å²) >= 11 is 11.5. The minimum Gasteiger partial charge on any atom is -0.325 e. The van der Waals surface area contributed by atoms with Crippen LogP contribution < -0.4 is 5.32 Å². The molecule has 0 aromatic heterocycles. The monoisotopic (exact) mass is 244 g/mol. The maximum atomic E-state index is 11.1. The Balaban J connectivity index is 2.72. The van der Waals surface area contributed by atoms with Crippen LogP contribution in [0.4, 0.5) is 5.69 Å². The number of amides is 1. The summed E-state index contributed by atoms with van der Waals surface area (Å²) in [5, 5.41) is 6.40. The summed E-state index contributed by atoms with van der Waals surface area (Å²) < 4.78 is 0. The minimum atomic E-state index is -0.433. The van der Waals surface area contributed by atoms with Crippen LogP contribution in [0.15, 0.2) is 23.3 Å². The molecule has 0 spiro atoms. The van der Waals surface area contributed by atoms with Crippen molar-refractivity contribution in [1.29, 1.82) is 0 Å². The molecule has 0 bridgehead atoms. The fourth-order valence-electron chi connectivity index (χ4n) is 0.876. The number of anilines is 1. The van der Waals surface area contributed by atoms with E-state index in [0.29, 0.717) is 15.7 Å². The van der Waals surface area contributed by atoms with Gasteiger partial charge in [-0.1, -0.05) is 28.3 Å². The van der Waals surface area contributed by atoms with Crippen LogP contribution in [0.25, 0.3) is 10.4 Å². The lowest BCUT2D eigenvalue weighted by molar-refractivity contribution is -0.114. The maximum absolute atomic E-state index is 11.1. The number of hydrogen-bond acceptors (Lipinski definition) is 2. The van der Waals surface area contributed by atoms with Gasteiger partial charge in [0.2, 0.25) is 5.91 Å². The second-order valence-electron chi connectivity index (χ2n) is 2.56. The van der Waals surface area contributed by atoms with Crippen molar-refractivity contribution in [3.63, 3.8) is 0 Å². The highest BCUT2D eigenvalue weighted by Crippen LogP contribution is 2.25. The van der Waals surface area contributed by atoms with Gasteiger partial charge in [-0.25, -0.2) is 0 Å². The average Bonchev–Trinajstić information content (AvgIpc) is 2.19. The second-order valence-corrected chi connectivity index (χ2v) is 3.40. The normalized spacial score (nSPS) is 9.20. The molecule has 1 N–H and O–H groups in total. The molecule has 0 aliphatic carbocycles. The molecule has 7 heteroatoms. The van der Waals surface area contributed by atoms with Gasteiger partial charge in [0.1, 0.15) is 6.54 Å². The second kappa shape index (κ2) is 5.46. The number of rotatable bonds is 3. The third kappa shape index (κ3) is 3.67. The predicted octanol–water partition coefficient (Wildman–Crippen LogP) is 3.24. The van der Waals surface area contributed by atoms with E-state index in [4.69, 9.17) is 28.7 Å². The highest BCUT2D eigenvalue weighted by Gasteiger charge is 2.04. The molecule has 1 rings (SSSR count). The van der Waals surface area contributed by atoms with Gasteiger partial charge in [0, 0.05) is 9.93 Å². The van der Waals surface area contributed by atoms with Gasteiger partial charge in [0.05, 0.1) is 10.7 Å². The Morgan fingerprint density at radius 2 is 2.27 bits per heavy atom. The molecule has 0 fully saturated rings. The SMILES string of the molecule is [N-]=[N+]=NCC(=O)Nc1ccc(Cl)cc1Cl. The lowest BCUT2D eigenvalue weighted by Gasteiger charge is -2.05. The van der Waals surface area contributed by atoms with Gasteiger partial charge in [-0.05, 0) is 23.7 Å². The van der Waals surface area contributed by atoms with Gasteiger partial charge >= 0.3 is 0 Å². The number of nitrogens with zero attached hydrogens (tertiary/aromatic N) is 3.